The average Bonchev–Trinajstić information content (AvgIpc) is 3.13. The smallest absolute Gasteiger partial charge is 0.120 e. The molecule has 5 heteroatoms. The number of hydrogen-bond donors (Lipinski definition) is 1. The maximum Gasteiger partial charge on any atom is 0.120 e. The van der Waals surface area contributed by atoms with Crippen LogP contribution in [0.5, 0.6) is 0 Å². The summed E-state index contributed by atoms with van der Waals surface area (Å²) in [6.07, 6.45) is 7.64. The van der Waals surface area contributed by atoms with E-state index in [1.54, 1.807) is 6.20 Å². The van der Waals surface area contributed by atoms with Crippen molar-refractivity contribution in [2.24, 2.45) is 0 Å². The predicted octanol–water partition coefficient (Wildman–Crippen LogP) is 2.84. The van der Waals surface area contributed by atoms with Crippen LogP contribution in [-0.4, -0.2) is 31.7 Å². The summed E-state index contributed by atoms with van der Waals surface area (Å²) >= 11 is 0. The molecule has 2 heterocycles. The summed E-state index contributed by atoms with van der Waals surface area (Å²) in [5.74, 6) is 0.976. The number of nitrogens with one attached hydrogen (secondary N) is 1. The fraction of sp³-hybridized carbons (Fsp3) is 0.294. The Hall–Kier alpha value is -2.40. The molecule has 114 valence electrons. The molecule has 2 aromatic heterocycles. The van der Waals surface area contributed by atoms with Crippen LogP contribution in [-0.2, 0) is 13.1 Å². The second-order valence-electron chi connectivity index (χ2n) is 5.77. The van der Waals surface area contributed by atoms with Gasteiger partial charge in [-0.25, -0.2) is 9.67 Å². The zero-order chi connectivity index (χ0) is 15.5. The zero-order valence-corrected chi connectivity index (χ0v) is 13.2. The molecule has 0 atom stereocenters. The first-order valence-electron chi connectivity index (χ1n) is 7.40. The normalized spacial score (nSPS) is 11.3. The van der Waals surface area contributed by atoms with Gasteiger partial charge in [0.15, 0.2) is 0 Å². The van der Waals surface area contributed by atoms with E-state index in [9.17, 15) is 0 Å². The van der Waals surface area contributed by atoms with Gasteiger partial charge in [-0.05, 0) is 44.2 Å². The molecule has 22 heavy (non-hydrogen) atoms. The summed E-state index contributed by atoms with van der Waals surface area (Å²) in [5.41, 5.74) is 4.87. The minimum Gasteiger partial charge on any atom is -0.348 e. The van der Waals surface area contributed by atoms with Crippen molar-refractivity contribution in [1.29, 1.82) is 0 Å². The van der Waals surface area contributed by atoms with E-state index in [1.807, 2.05) is 17.1 Å². The number of benzene rings is 1. The van der Waals surface area contributed by atoms with Gasteiger partial charge in [0.1, 0.15) is 5.82 Å². The molecule has 0 unspecified atom stereocenters. The first kappa shape index (κ1) is 14.5. The molecular formula is C17H21N5. The number of imidazole rings is 1. The quantitative estimate of drug-likeness (QED) is 0.787. The molecule has 1 aromatic carbocycles. The molecule has 0 saturated heterocycles. The van der Waals surface area contributed by atoms with Gasteiger partial charge < -0.3 is 4.98 Å². The van der Waals surface area contributed by atoms with Crippen molar-refractivity contribution in [2.45, 2.75) is 26.9 Å². The number of nitrogens with zero attached hydrogens (tertiary/aromatic N) is 4. The Morgan fingerprint density at radius 1 is 1.18 bits per heavy atom. The van der Waals surface area contributed by atoms with Crippen LogP contribution < -0.4 is 0 Å². The van der Waals surface area contributed by atoms with Gasteiger partial charge in [0.2, 0.25) is 0 Å². The second-order valence-corrected chi connectivity index (χ2v) is 5.77. The standard InChI is InChI=1S/C17H21N5/c1-13-4-5-16(8-14(13)2)22-11-15(9-20-22)10-21(3)12-17-18-6-7-19-17/h4-9,11H,10,12H2,1-3H3,(H,18,19). The number of aromatic nitrogens is 4. The van der Waals surface area contributed by atoms with Gasteiger partial charge in [0.05, 0.1) is 18.4 Å². The lowest BCUT2D eigenvalue weighted by molar-refractivity contribution is 0.311. The fourth-order valence-electron chi connectivity index (χ4n) is 2.46. The first-order valence-corrected chi connectivity index (χ1v) is 7.40. The Kier molecular flexibility index (Phi) is 4.06. The van der Waals surface area contributed by atoms with Crippen LogP contribution in [0, 0.1) is 13.8 Å². The minimum atomic E-state index is 0.793. The summed E-state index contributed by atoms with van der Waals surface area (Å²) in [4.78, 5) is 9.58. The summed E-state index contributed by atoms with van der Waals surface area (Å²) in [7, 11) is 2.08. The van der Waals surface area contributed by atoms with Crippen molar-refractivity contribution >= 4 is 0 Å². The SMILES string of the molecule is Cc1ccc(-n2cc(CN(C)Cc3ncc[nH]3)cn2)cc1C. The average molecular weight is 295 g/mol. The van der Waals surface area contributed by atoms with Crippen molar-refractivity contribution in [2.75, 3.05) is 7.05 Å². The van der Waals surface area contributed by atoms with Crippen LogP contribution in [0.25, 0.3) is 5.69 Å². The highest BCUT2D eigenvalue weighted by Gasteiger charge is 2.07. The summed E-state index contributed by atoms with van der Waals surface area (Å²) in [5, 5.41) is 4.47. The molecule has 0 aliphatic heterocycles. The van der Waals surface area contributed by atoms with E-state index < -0.39 is 0 Å². The topological polar surface area (TPSA) is 49.7 Å². The molecule has 0 aliphatic rings. The molecule has 3 rings (SSSR count). The molecule has 1 N–H and O–H groups in total. The molecule has 0 spiro atoms. The predicted molar refractivity (Wildman–Crippen MR) is 86.8 cm³/mol. The molecule has 0 bridgehead atoms. The Morgan fingerprint density at radius 3 is 2.77 bits per heavy atom. The van der Waals surface area contributed by atoms with Crippen molar-refractivity contribution in [3.8, 4) is 5.69 Å². The third-order valence-electron chi connectivity index (χ3n) is 3.82. The summed E-state index contributed by atoms with van der Waals surface area (Å²) in [6.45, 7) is 5.88. The molecule has 0 amide bonds. The van der Waals surface area contributed by atoms with Gasteiger partial charge in [-0.3, -0.25) is 4.90 Å². The lowest BCUT2D eigenvalue weighted by Gasteiger charge is -2.13. The van der Waals surface area contributed by atoms with Gasteiger partial charge in [0.25, 0.3) is 0 Å². The van der Waals surface area contributed by atoms with Crippen molar-refractivity contribution in [3.63, 3.8) is 0 Å². The van der Waals surface area contributed by atoms with Gasteiger partial charge in [-0.2, -0.15) is 5.10 Å². The number of H-pyrrole nitrogens is 1. The highest BCUT2D eigenvalue weighted by Crippen LogP contribution is 2.14. The Bertz CT molecular complexity index is 742. The molecule has 0 radical (unpaired) electrons. The summed E-state index contributed by atoms with van der Waals surface area (Å²) < 4.78 is 1.93. The lowest BCUT2D eigenvalue weighted by Crippen LogP contribution is -2.17. The van der Waals surface area contributed by atoms with E-state index in [2.05, 4.69) is 65.3 Å². The van der Waals surface area contributed by atoms with Crippen LogP contribution in [0.3, 0.4) is 0 Å². The second kappa shape index (κ2) is 6.15. The van der Waals surface area contributed by atoms with Crippen LogP contribution in [0.15, 0.2) is 43.0 Å². The van der Waals surface area contributed by atoms with E-state index in [-0.39, 0.29) is 0 Å². The maximum absolute atomic E-state index is 4.47. The van der Waals surface area contributed by atoms with E-state index >= 15 is 0 Å². The van der Waals surface area contributed by atoms with Crippen LogP contribution in [0.4, 0.5) is 0 Å². The van der Waals surface area contributed by atoms with Crippen LogP contribution in [0.1, 0.15) is 22.5 Å². The number of hydrogen-bond acceptors (Lipinski definition) is 3. The van der Waals surface area contributed by atoms with Gasteiger partial charge in [0, 0.05) is 30.7 Å². The highest BCUT2D eigenvalue weighted by atomic mass is 15.3. The minimum absolute atomic E-state index is 0.793. The maximum atomic E-state index is 4.47. The Morgan fingerprint density at radius 2 is 2.05 bits per heavy atom. The Labute approximate surface area is 130 Å². The van der Waals surface area contributed by atoms with Crippen LogP contribution in [0.2, 0.25) is 0 Å². The van der Waals surface area contributed by atoms with Gasteiger partial charge in [-0.1, -0.05) is 6.07 Å². The number of rotatable bonds is 5. The molecule has 3 aromatic rings. The van der Waals surface area contributed by atoms with Crippen LogP contribution >= 0.6 is 0 Å². The van der Waals surface area contributed by atoms with E-state index in [0.717, 1.165) is 24.6 Å². The van der Waals surface area contributed by atoms with Crippen molar-refractivity contribution in [3.05, 3.63) is 65.5 Å². The molecule has 5 nitrogen and oxygen atoms in total. The van der Waals surface area contributed by atoms with E-state index in [0.29, 0.717) is 0 Å². The summed E-state index contributed by atoms with van der Waals surface area (Å²) in [6, 6.07) is 6.40. The lowest BCUT2D eigenvalue weighted by atomic mass is 10.1. The monoisotopic (exact) mass is 295 g/mol. The molecule has 0 aliphatic carbocycles. The molecule has 0 fully saturated rings. The third-order valence-corrected chi connectivity index (χ3v) is 3.82. The largest absolute Gasteiger partial charge is 0.348 e. The van der Waals surface area contributed by atoms with Gasteiger partial charge >= 0.3 is 0 Å². The third kappa shape index (κ3) is 3.26. The highest BCUT2D eigenvalue weighted by molar-refractivity contribution is 5.39. The fourth-order valence-corrected chi connectivity index (χ4v) is 2.46. The zero-order valence-electron chi connectivity index (χ0n) is 13.2. The molecular weight excluding hydrogens is 274 g/mol. The number of aryl methyl sites for hydroxylation is 2. The Balaban J connectivity index is 1.69. The number of aromatic amines is 1. The van der Waals surface area contributed by atoms with Crippen molar-refractivity contribution in [1.82, 2.24) is 24.6 Å². The van der Waals surface area contributed by atoms with E-state index in [1.165, 1.54) is 16.7 Å². The first-order chi connectivity index (χ1) is 10.6. The molecule has 0 saturated carbocycles. The van der Waals surface area contributed by atoms with Gasteiger partial charge in [-0.15, -0.1) is 0 Å². The van der Waals surface area contributed by atoms with E-state index in [4.69, 9.17) is 0 Å². The van der Waals surface area contributed by atoms with Crippen molar-refractivity contribution < 1.29 is 0 Å².